The molecule has 1 N–H and O–H groups in total. The van der Waals surface area contributed by atoms with Gasteiger partial charge in [0, 0.05) is 18.1 Å². The quantitative estimate of drug-likeness (QED) is 0.835. The van der Waals surface area contributed by atoms with Crippen molar-refractivity contribution in [1.82, 2.24) is 19.7 Å². The highest BCUT2D eigenvalue weighted by atomic mass is 79.9. The second-order valence-corrected chi connectivity index (χ2v) is 7.11. The van der Waals surface area contributed by atoms with Gasteiger partial charge in [0.15, 0.2) is 4.60 Å². The first kappa shape index (κ1) is 14.6. The SMILES string of the molecule is Cn1nnc(Br)c1S(=O)(=O)NCc1ccc(Br)cc1. The average molecular weight is 410 g/mol. The molecule has 0 fully saturated rings. The van der Waals surface area contributed by atoms with Crippen LogP contribution in [0.1, 0.15) is 5.56 Å². The molecule has 0 radical (unpaired) electrons. The zero-order valence-electron chi connectivity index (χ0n) is 9.84. The van der Waals surface area contributed by atoms with E-state index in [4.69, 9.17) is 0 Å². The maximum Gasteiger partial charge on any atom is 0.260 e. The standard InChI is InChI=1S/C10H10Br2N4O2S/c1-16-10(9(12)14-15-16)19(17,18)13-6-7-2-4-8(11)5-3-7/h2-5,13H,6H2,1H3. The maximum atomic E-state index is 12.1. The van der Waals surface area contributed by atoms with Crippen LogP contribution in [-0.4, -0.2) is 23.4 Å². The van der Waals surface area contributed by atoms with Crippen molar-refractivity contribution >= 4 is 41.9 Å². The monoisotopic (exact) mass is 408 g/mol. The molecule has 1 heterocycles. The molecule has 0 spiro atoms. The molecule has 2 rings (SSSR count). The van der Waals surface area contributed by atoms with Crippen LogP contribution in [0.3, 0.4) is 0 Å². The fourth-order valence-corrected chi connectivity index (χ4v) is 3.83. The molecule has 0 saturated carbocycles. The van der Waals surface area contributed by atoms with Crippen LogP contribution in [0.5, 0.6) is 0 Å². The maximum absolute atomic E-state index is 12.1. The first-order valence-electron chi connectivity index (χ1n) is 5.19. The summed E-state index contributed by atoms with van der Waals surface area (Å²) in [6.45, 7) is 0.202. The lowest BCUT2D eigenvalue weighted by molar-refractivity contribution is 0.560. The normalized spacial score (nSPS) is 11.7. The van der Waals surface area contributed by atoms with Crippen LogP contribution in [0.4, 0.5) is 0 Å². The third-order valence-corrected chi connectivity index (χ3v) is 5.19. The lowest BCUT2D eigenvalue weighted by Crippen LogP contribution is -2.25. The van der Waals surface area contributed by atoms with Crippen molar-refractivity contribution < 1.29 is 8.42 Å². The number of nitrogens with zero attached hydrogens (tertiary/aromatic N) is 3. The topological polar surface area (TPSA) is 76.9 Å². The molecular weight excluding hydrogens is 400 g/mol. The molecule has 6 nitrogen and oxygen atoms in total. The Labute approximate surface area is 127 Å². The number of aryl methyl sites for hydroxylation is 1. The van der Waals surface area contributed by atoms with Gasteiger partial charge in [0.05, 0.1) is 0 Å². The summed E-state index contributed by atoms with van der Waals surface area (Å²) >= 11 is 6.39. The van der Waals surface area contributed by atoms with Crippen LogP contribution in [0.15, 0.2) is 38.4 Å². The van der Waals surface area contributed by atoms with E-state index in [0.29, 0.717) is 0 Å². The van der Waals surface area contributed by atoms with Crippen molar-refractivity contribution in [1.29, 1.82) is 0 Å². The minimum absolute atomic E-state index is 0.00427. The molecule has 0 unspecified atom stereocenters. The predicted octanol–water partition coefficient (Wildman–Crippen LogP) is 1.82. The van der Waals surface area contributed by atoms with Gasteiger partial charge in [0.1, 0.15) is 0 Å². The third-order valence-electron chi connectivity index (χ3n) is 2.37. The van der Waals surface area contributed by atoms with Gasteiger partial charge in [0.2, 0.25) is 5.03 Å². The predicted molar refractivity (Wildman–Crippen MR) is 76.9 cm³/mol. The summed E-state index contributed by atoms with van der Waals surface area (Å²) in [7, 11) is -2.14. The minimum atomic E-state index is -3.66. The van der Waals surface area contributed by atoms with Crippen molar-refractivity contribution in [3.63, 3.8) is 0 Å². The van der Waals surface area contributed by atoms with Gasteiger partial charge in [-0.05, 0) is 33.6 Å². The smallest absolute Gasteiger partial charge is 0.235 e. The summed E-state index contributed by atoms with van der Waals surface area (Å²) in [5.41, 5.74) is 0.859. The fraction of sp³-hybridized carbons (Fsp3) is 0.200. The molecule has 0 bridgehead atoms. The second kappa shape index (κ2) is 5.70. The Morgan fingerprint density at radius 1 is 1.26 bits per heavy atom. The van der Waals surface area contributed by atoms with E-state index in [9.17, 15) is 8.42 Å². The summed E-state index contributed by atoms with van der Waals surface area (Å²) in [6.07, 6.45) is 0. The van der Waals surface area contributed by atoms with Crippen LogP contribution < -0.4 is 4.72 Å². The van der Waals surface area contributed by atoms with Crippen LogP contribution in [0.2, 0.25) is 0 Å². The molecule has 0 aliphatic heterocycles. The van der Waals surface area contributed by atoms with Crippen LogP contribution >= 0.6 is 31.9 Å². The van der Waals surface area contributed by atoms with Gasteiger partial charge in [-0.2, -0.15) is 0 Å². The van der Waals surface area contributed by atoms with Crippen molar-refractivity contribution in [2.75, 3.05) is 0 Å². The fourth-order valence-electron chi connectivity index (χ4n) is 1.46. The summed E-state index contributed by atoms with van der Waals surface area (Å²) in [6, 6.07) is 7.38. The van der Waals surface area contributed by atoms with Crippen molar-refractivity contribution in [2.24, 2.45) is 7.05 Å². The Morgan fingerprint density at radius 3 is 2.42 bits per heavy atom. The lowest BCUT2D eigenvalue weighted by Gasteiger charge is -2.07. The molecule has 0 aliphatic carbocycles. The number of rotatable bonds is 4. The molecule has 9 heteroatoms. The van der Waals surface area contributed by atoms with E-state index < -0.39 is 10.0 Å². The van der Waals surface area contributed by atoms with Crippen LogP contribution in [0, 0.1) is 0 Å². The molecule has 0 amide bonds. The Kier molecular flexibility index (Phi) is 4.39. The molecule has 0 atom stereocenters. The summed E-state index contributed by atoms with van der Waals surface area (Å²) in [4.78, 5) is 0. The number of benzene rings is 1. The summed E-state index contributed by atoms with van der Waals surface area (Å²) < 4.78 is 29.1. The van der Waals surface area contributed by atoms with E-state index in [0.717, 1.165) is 10.0 Å². The molecule has 1 aromatic heterocycles. The Balaban J connectivity index is 2.17. The Morgan fingerprint density at radius 2 is 1.89 bits per heavy atom. The van der Waals surface area contributed by atoms with Crippen molar-refractivity contribution in [2.45, 2.75) is 11.6 Å². The molecule has 2 aromatic rings. The molecular formula is C10H10Br2N4O2S. The number of halogens is 2. The average Bonchev–Trinajstić information content (AvgIpc) is 2.69. The summed E-state index contributed by atoms with van der Waals surface area (Å²) in [5.74, 6) is 0. The second-order valence-electron chi connectivity index (χ2n) is 3.76. The van der Waals surface area contributed by atoms with Gasteiger partial charge in [-0.3, -0.25) is 0 Å². The third kappa shape index (κ3) is 3.41. The molecule has 102 valence electrons. The van der Waals surface area contributed by atoms with Gasteiger partial charge in [-0.25, -0.2) is 17.8 Å². The largest absolute Gasteiger partial charge is 0.260 e. The summed E-state index contributed by atoms with van der Waals surface area (Å²) in [5, 5.41) is 7.30. The van der Waals surface area contributed by atoms with E-state index in [1.807, 2.05) is 24.3 Å². The van der Waals surface area contributed by atoms with E-state index >= 15 is 0 Å². The number of hydrogen-bond donors (Lipinski definition) is 1. The minimum Gasteiger partial charge on any atom is -0.235 e. The van der Waals surface area contributed by atoms with Crippen LogP contribution in [-0.2, 0) is 23.6 Å². The highest BCUT2D eigenvalue weighted by Gasteiger charge is 2.23. The van der Waals surface area contributed by atoms with E-state index in [1.54, 1.807) is 0 Å². The van der Waals surface area contributed by atoms with E-state index in [1.165, 1.54) is 11.7 Å². The van der Waals surface area contributed by atoms with Crippen molar-refractivity contribution in [3.05, 3.63) is 38.9 Å². The van der Waals surface area contributed by atoms with Crippen molar-refractivity contribution in [3.8, 4) is 0 Å². The molecule has 19 heavy (non-hydrogen) atoms. The van der Waals surface area contributed by atoms with E-state index in [-0.39, 0.29) is 16.2 Å². The first-order chi connectivity index (χ1) is 8.90. The Bertz CT molecular complexity index is 663. The lowest BCUT2D eigenvalue weighted by atomic mass is 10.2. The molecule has 1 aromatic carbocycles. The van der Waals surface area contributed by atoms with Gasteiger partial charge < -0.3 is 0 Å². The van der Waals surface area contributed by atoms with Gasteiger partial charge in [-0.15, -0.1) is 5.10 Å². The Hall–Kier alpha value is -0.770. The van der Waals surface area contributed by atoms with Crippen LogP contribution in [0.25, 0.3) is 0 Å². The molecule has 0 saturated heterocycles. The number of aromatic nitrogens is 3. The number of sulfonamides is 1. The zero-order valence-corrected chi connectivity index (χ0v) is 13.8. The van der Waals surface area contributed by atoms with Gasteiger partial charge >= 0.3 is 0 Å². The van der Waals surface area contributed by atoms with E-state index in [2.05, 4.69) is 46.9 Å². The highest BCUT2D eigenvalue weighted by molar-refractivity contribution is 9.10. The highest BCUT2D eigenvalue weighted by Crippen LogP contribution is 2.18. The molecule has 0 aliphatic rings. The van der Waals surface area contributed by atoms with Gasteiger partial charge in [0.25, 0.3) is 10.0 Å². The number of hydrogen-bond acceptors (Lipinski definition) is 4. The van der Waals surface area contributed by atoms with Gasteiger partial charge in [-0.1, -0.05) is 33.3 Å². The zero-order chi connectivity index (χ0) is 14.0. The first-order valence-corrected chi connectivity index (χ1v) is 8.26. The number of nitrogens with one attached hydrogen (secondary N) is 1.